The molecule has 3 aliphatic heterocycles. The number of amides is 5. The normalized spacial score (nSPS) is 17.8. The number of aliphatic hydroxyl groups is 1. The number of carbonyl (C=O) groups is 6. The summed E-state index contributed by atoms with van der Waals surface area (Å²) < 4.78 is 10.5. The molecule has 0 unspecified atom stereocenters. The van der Waals surface area contributed by atoms with E-state index in [1.807, 2.05) is 25.1 Å². The van der Waals surface area contributed by atoms with E-state index in [-0.39, 0.29) is 31.5 Å². The van der Waals surface area contributed by atoms with E-state index >= 15 is 0 Å². The molecule has 1 fully saturated rings. The quantitative estimate of drug-likeness (QED) is 0.0561. The first-order chi connectivity index (χ1) is 27.8. The number of aliphatic carboxylic acids is 1. The molecule has 8 N–H and O–H groups in total. The lowest BCUT2D eigenvalue weighted by Gasteiger charge is -2.29. The molecule has 0 aliphatic carbocycles. The summed E-state index contributed by atoms with van der Waals surface area (Å²) in [6, 6.07) is 8.22. The summed E-state index contributed by atoms with van der Waals surface area (Å²) in [6.07, 6.45) is 2.66. The lowest BCUT2D eigenvalue weighted by atomic mass is 9.78. The van der Waals surface area contributed by atoms with E-state index in [1.54, 1.807) is 18.2 Å². The van der Waals surface area contributed by atoms with Gasteiger partial charge in [-0.3, -0.25) is 24.0 Å². The van der Waals surface area contributed by atoms with Gasteiger partial charge in [-0.15, -0.1) is 0 Å². The van der Waals surface area contributed by atoms with E-state index in [0.29, 0.717) is 87.6 Å². The molecule has 5 rings (SSSR count). The highest BCUT2D eigenvalue weighted by molar-refractivity contribution is 6.62. The summed E-state index contributed by atoms with van der Waals surface area (Å²) in [5, 5.41) is 49.9. The third kappa shape index (κ3) is 11.4. The van der Waals surface area contributed by atoms with Crippen molar-refractivity contribution in [2.45, 2.75) is 96.6 Å². The molecular weight excluding hydrogens is 752 g/mol. The molecule has 1 saturated heterocycles. The van der Waals surface area contributed by atoms with Crippen molar-refractivity contribution in [1.29, 1.82) is 0 Å². The lowest BCUT2D eigenvalue weighted by Crippen LogP contribution is -2.54. The van der Waals surface area contributed by atoms with Gasteiger partial charge in [0.25, 0.3) is 5.91 Å². The molecule has 17 nitrogen and oxygen atoms in total. The SMILES string of the molecule is CC[C@@H](CCCCNC(=O)CNC(=O)[C@H](CCc1ccc2c(c1)B(O)OC2)CNC(=O)c1ccc2c(c1)B(O)OC2)C(=O)N1CCC[C@H]1C(=O)N[C@H](C(=O)O)[C@@H](C)O. The Hall–Kier alpha value is -4.81. The standard InChI is InChI=1S/C39H53B2N5O12/c1-3-25(38(52)46-16-6-8-32(46)37(51)45-34(23(2)47)39(53)54)7-4-5-15-42-33(48)20-44-36(50)27(11-9-24-10-12-28-21-57-40(55)30(28)17-24)19-43-35(49)26-13-14-29-22-58-41(56)31(29)18-26/h10,12-14,17-18,23,25,27,32,34,47,55-56H,3-9,11,15-16,19-22H2,1-2H3,(H,42,48)(H,43,49)(H,44,50)(H,45,51)(H,53,54)/t23-,25+,27-,32+,34+/m1/s1. The van der Waals surface area contributed by atoms with Crippen molar-refractivity contribution >= 4 is 60.7 Å². The molecule has 2 aromatic rings. The maximum Gasteiger partial charge on any atom is 0.491 e. The van der Waals surface area contributed by atoms with E-state index in [9.17, 15) is 49.0 Å². The van der Waals surface area contributed by atoms with Gasteiger partial charge in [0.2, 0.25) is 23.6 Å². The molecule has 0 spiro atoms. The van der Waals surface area contributed by atoms with Crippen LogP contribution in [0, 0.1) is 11.8 Å². The number of carboxylic acids is 1. The third-order valence-corrected chi connectivity index (χ3v) is 11.1. The summed E-state index contributed by atoms with van der Waals surface area (Å²) >= 11 is 0. The molecular formula is C39H53B2N5O12. The second-order valence-electron chi connectivity index (χ2n) is 15.1. The van der Waals surface area contributed by atoms with E-state index in [0.717, 1.165) is 16.7 Å². The first-order valence-electron chi connectivity index (χ1n) is 20.0. The van der Waals surface area contributed by atoms with Crippen LogP contribution in [0.1, 0.15) is 85.8 Å². The van der Waals surface area contributed by atoms with Crippen LogP contribution in [0.2, 0.25) is 0 Å². The van der Waals surface area contributed by atoms with Crippen LogP contribution >= 0.6 is 0 Å². The number of carbonyl (C=O) groups excluding carboxylic acids is 5. The van der Waals surface area contributed by atoms with E-state index < -0.39 is 67.9 Å². The van der Waals surface area contributed by atoms with Gasteiger partial charge in [-0.05, 0) is 91.6 Å². The molecule has 2 aromatic carbocycles. The minimum atomic E-state index is -1.48. The Bertz CT molecular complexity index is 1830. The number of rotatable bonds is 20. The van der Waals surface area contributed by atoms with Crippen LogP contribution in [0.25, 0.3) is 0 Å². The largest absolute Gasteiger partial charge is 0.491 e. The Labute approximate surface area is 337 Å². The summed E-state index contributed by atoms with van der Waals surface area (Å²) in [7, 11) is -2.13. The van der Waals surface area contributed by atoms with Gasteiger partial charge in [-0.2, -0.15) is 0 Å². The summed E-state index contributed by atoms with van der Waals surface area (Å²) in [5.41, 5.74) is 4.04. The first-order valence-corrected chi connectivity index (χ1v) is 20.0. The maximum absolute atomic E-state index is 13.4. The van der Waals surface area contributed by atoms with Crippen molar-refractivity contribution in [3.63, 3.8) is 0 Å². The fourth-order valence-electron chi connectivity index (χ4n) is 7.56. The number of hydrogen-bond donors (Lipinski definition) is 8. The van der Waals surface area contributed by atoms with Crippen molar-refractivity contribution in [3.05, 3.63) is 58.7 Å². The number of fused-ring (bicyclic) bond motifs is 2. The van der Waals surface area contributed by atoms with Crippen molar-refractivity contribution in [2.24, 2.45) is 11.8 Å². The molecule has 0 bridgehead atoms. The molecule has 0 saturated carbocycles. The number of aliphatic hydroxyl groups excluding tert-OH is 1. The topological polar surface area (TPSA) is 253 Å². The Morgan fingerprint density at radius 2 is 1.59 bits per heavy atom. The lowest BCUT2D eigenvalue weighted by molar-refractivity contribution is -0.147. The van der Waals surface area contributed by atoms with Crippen LogP contribution < -0.4 is 32.2 Å². The van der Waals surface area contributed by atoms with Crippen molar-refractivity contribution in [1.82, 2.24) is 26.2 Å². The van der Waals surface area contributed by atoms with Crippen molar-refractivity contribution in [3.8, 4) is 0 Å². The van der Waals surface area contributed by atoms with Crippen LogP contribution in [0.5, 0.6) is 0 Å². The van der Waals surface area contributed by atoms with E-state index in [4.69, 9.17) is 9.31 Å². The Morgan fingerprint density at radius 3 is 2.26 bits per heavy atom. The number of nitrogens with one attached hydrogen (secondary N) is 4. The fraction of sp³-hybridized carbons (Fsp3) is 0.538. The van der Waals surface area contributed by atoms with Gasteiger partial charge in [0.05, 0.1) is 31.8 Å². The highest BCUT2D eigenvalue weighted by Crippen LogP contribution is 2.24. The summed E-state index contributed by atoms with van der Waals surface area (Å²) in [6.45, 7) is 4.07. The number of benzene rings is 2. The Morgan fingerprint density at radius 1 is 0.897 bits per heavy atom. The first kappa shape index (κ1) is 44.3. The van der Waals surface area contributed by atoms with Crippen LogP contribution in [0.3, 0.4) is 0 Å². The van der Waals surface area contributed by atoms with Gasteiger partial charge in [-0.25, -0.2) is 4.79 Å². The Kier molecular flexibility index (Phi) is 15.8. The van der Waals surface area contributed by atoms with Crippen LogP contribution in [-0.2, 0) is 52.9 Å². The van der Waals surface area contributed by atoms with Crippen LogP contribution in [0.15, 0.2) is 36.4 Å². The summed E-state index contributed by atoms with van der Waals surface area (Å²) in [4.78, 5) is 78.6. The fourth-order valence-corrected chi connectivity index (χ4v) is 7.56. The monoisotopic (exact) mass is 805 g/mol. The molecule has 0 radical (unpaired) electrons. The number of hydrogen-bond acceptors (Lipinski definition) is 11. The van der Waals surface area contributed by atoms with Crippen LogP contribution in [-0.4, -0.2) is 119 Å². The average Bonchev–Trinajstić information content (AvgIpc) is 3.95. The van der Waals surface area contributed by atoms with E-state index in [2.05, 4.69) is 21.3 Å². The van der Waals surface area contributed by atoms with Gasteiger partial charge >= 0.3 is 20.2 Å². The number of unbranched alkanes of at least 4 members (excludes halogenated alkanes) is 1. The second-order valence-corrected chi connectivity index (χ2v) is 15.1. The van der Waals surface area contributed by atoms with Crippen LogP contribution in [0.4, 0.5) is 0 Å². The molecule has 58 heavy (non-hydrogen) atoms. The Balaban J connectivity index is 1.08. The molecule has 19 heteroatoms. The molecule has 3 aliphatic rings. The maximum atomic E-state index is 13.4. The predicted octanol–water partition coefficient (Wildman–Crippen LogP) is -1.53. The number of carboxylic acid groups (broad SMARTS) is 1. The highest BCUT2D eigenvalue weighted by Gasteiger charge is 2.38. The predicted molar refractivity (Wildman–Crippen MR) is 211 cm³/mol. The zero-order valence-electron chi connectivity index (χ0n) is 32.9. The van der Waals surface area contributed by atoms with E-state index in [1.165, 1.54) is 11.8 Å². The number of likely N-dealkylation sites (tertiary alicyclic amines) is 1. The number of aryl methyl sites for hydroxylation is 1. The second kappa shape index (κ2) is 20.7. The highest BCUT2D eigenvalue weighted by atomic mass is 16.5. The minimum absolute atomic E-state index is 0.0238. The molecule has 0 aromatic heterocycles. The van der Waals surface area contributed by atoms with Gasteiger partial charge in [0.1, 0.15) is 6.04 Å². The summed E-state index contributed by atoms with van der Waals surface area (Å²) in [5.74, 6) is -4.52. The van der Waals surface area contributed by atoms with Gasteiger partial charge in [0, 0.05) is 31.1 Å². The van der Waals surface area contributed by atoms with Gasteiger partial charge < -0.3 is 55.7 Å². The molecule has 5 amide bonds. The van der Waals surface area contributed by atoms with Gasteiger partial charge in [0.15, 0.2) is 6.04 Å². The molecule has 3 heterocycles. The number of nitrogens with zero attached hydrogens (tertiary/aromatic N) is 1. The van der Waals surface area contributed by atoms with Crippen molar-refractivity contribution < 1.29 is 58.3 Å². The zero-order valence-corrected chi connectivity index (χ0v) is 32.9. The molecule has 312 valence electrons. The minimum Gasteiger partial charge on any atom is -0.480 e. The third-order valence-electron chi connectivity index (χ3n) is 11.1. The molecule has 5 atom stereocenters. The zero-order chi connectivity index (χ0) is 41.9. The van der Waals surface area contributed by atoms with Crippen molar-refractivity contribution in [2.75, 3.05) is 26.2 Å². The van der Waals surface area contributed by atoms with Gasteiger partial charge in [-0.1, -0.05) is 37.6 Å². The smallest absolute Gasteiger partial charge is 0.480 e. The average molecular weight is 806 g/mol.